The van der Waals surface area contributed by atoms with E-state index in [0.29, 0.717) is 0 Å². The molecule has 0 aromatic heterocycles. The van der Waals surface area contributed by atoms with Gasteiger partial charge in [0.05, 0.1) is 12.2 Å². The zero-order valence-corrected chi connectivity index (χ0v) is 14.1. The second-order valence-corrected chi connectivity index (χ2v) is 7.98. The summed E-state index contributed by atoms with van der Waals surface area (Å²) in [6.07, 6.45) is 6.50. The molecule has 2 atom stereocenters. The summed E-state index contributed by atoms with van der Waals surface area (Å²) in [6, 6.07) is 0.778. The Morgan fingerprint density at radius 2 is 2.05 bits per heavy atom. The van der Waals surface area contributed by atoms with Crippen molar-refractivity contribution in [3.8, 4) is 0 Å². The first kappa shape index (κ1) is 15.7. The zero-order chi connectivity index (χ0) is 14.9. The second-order valence-electron chi connectivity index (χ2n) is 7.98. The van der Waals surface area contributed by atoms with E-state index in [1.165, 1.54) is 38.8 Å². The maximum Gasteiger partial charge on any atom is 0.107 e. The second kappa shape index (κ2) is 6.15. The van der Waals surface area contributed by atoms with E-state index in [4.69, 9.17) is 9.47 Å². The maximum absolute atomic E-state index is 6.39. The fraction of sp³-hybridized carbons (Fsp3) is 1.00. The number of nitrogens with zero attached hydrogens (tertiary/aromatic N) is 2. The van der Waals surface area contributed by atoms with Crippen molar-refractivity contribution in [2.75, 3.05) is 46.4 Å². The smallest absolute Gasteiger partial charge is 0.107 e. The molecule has 0 aromatic carbocycles. The third kappa shape index (κ3) is 3.79. The molecule has 21 heavy (non-hydrogen) atoms. The fourth-order valence-corrected chi connectivity index (χ4v) is 4.44. The topological polar surface area (TPSA) is 24.9 Å². The number of morpholine rings is 1. The standard InChI is InChI=1S/C17H32N2O2/c1-16(2)12-19(13-17(21-16)8-11-20-14-17)10-7-15-6-4-5-9-18(15)3/h15H,4-14H2,1-3H3. The van der Waals surface area contributed by atoms with Crippen LogP contribution in [-0.2, 0) is 9.47 Å². The SMILES string of the molecule is CN1CCCCC1CCN1CC(C)(C)OC2(CCOC2)C1. The van der Waals surface area contributed by atoms with Crippen molar-refractivity contribution in [2.24, 2.45) is 0 Å². The first-order chi connectivity index (χ1) is 9.98. The molecule has 4 heteroatoms. The Morgan fingerprint density at radius 1 is 1.19 bits per heavy atom. The normalized spacial score (nSPS) is 38.1. The molecular formula is C17H32N2O2. The van der Waals surface area contributed by atoms with Crippen molar-refractivity contribution in [1.82, 2.24) is 9.80 Å². The fourth-order valence-electron chi connectivity index (χ4n) is 4.44. The Bertz CT molecular complexity index is 353. The van der Waals surface area contributed by atoms with Gasteiger partial charge in [-0.25, -0.2) is 0 Å². The van der Waals surface area contributed by atoms with Crippen LogP contribution < -0.4 is 0 Å². The third-order valence-electron chi connectivity index (χ3n) is 5.38. The summed E-state index contributed by atoms with van der Waals surface area (Å²) < 4.78 is 12.0. The summed E-state index contributed by atoms with van der Waals surface area (Å²) >= 11 is 0. The number of hydrogen-bond acceptors (Lipinski definition) is 4. The number of hydrogen-bond donors (Lipinski definition) is 0. The Morgan fingerprint density at radius 3 is 2.76 bits per heavy atom. The van der Waals surface area contributed by atoms with E-state index >= 15 is 0 Å². The molecule has 0 aliphatic carbocycles. The van der Waals surface area contributed by atoms with Crippen molar-refractivity contribution in [1.29, 1.82) is 0 Å². The molecule has 122 valence electrons. The van der Waals surface area contributed by atoms with Crippen LogP contribution in [0.1, 0.15) is 46.0 Å². The van der Waals surface area contributed by atoms with Gasteiger partial charge in [0.2, 0.25) is 0 Å². The average molecular weight is 296 g/mol. The molecule has 3 aliphatic rings. The average Bonchev–Trinajstić information content (AvgIpc) is 2.83. The van der Waals surface area contributed by atoms with Crippen molar-refractivity contribution < 1.29 is 9.47 Å². The van der Waals surface area contributed by atoms with Gasteiger partial charge in [-0.05, 0) is 53.2 Å². The van der Waals surface area contributed by atoms with Gasteiger partial charge < -0.3 is 14.4 Å². The monoisotopic (exact) mass is 296 g/mol. The van der Waals surface area contributed by atoms with E-state index in [2.05, 4.69) is 30.7 Å². The summed E-state index contributed by atoms with van der Waals surface area (Å²) in [4.78, 5) is 5.18. The van der Waals surface area contributed by atoms with Gasteiger partial charge in [0.1, 0.15) is 5.60 Å². The minimum absolute atomic E-state index is 0.0415. The highest BCUT2D eigenvalue weighted by Crippen LogP contribution is 2.34. The summed E-state index contributed by atoms with van der Waals surface area (Å²) in [6.45, 7) is 10.7. The van der Waals surface area contributed by atoms with Crippen LogP contribution in [0.5, 0.6) is 0 Å². The Balaban J connectivity index is 1.56. The van der Waals surface area contributed by atoms with Crippen LogP contribution in [-0.4, -0.2) is 73.5 Å². The molecule has 0 aromatic rings. The van der Waals surface area contributed by atoms with Gasteiger partial charge in [0.15, 0.2) is 0 Å². The number of ether oxygens (including phenoxy) is 2. The zero-order valence-electron chi connectivity index (χ0n) is 14.1. The lowest BCUT2D eigenvalue weighted by Crippen LogP contribution is -2.60. The predicted octanol–water partition coefficient (Wildman–Crippen LogP) is 2.13. The molecule has 3 saturated heterocycles. The molecule has 1 spiro atoms. The summed E-state index contributed by atoms with van der Waals surface area (Å²) in [7, 11) is 2.29. The first-order valence-corrected chi connectivity index (χ1v) is 8.69. The molecule has 0 bridgehead atoms. The Hall–Kier alpha value is -0.160. The highest BCUT2D eigenvalue weighted by atomic mass is 16.6. The van der Waals surface area contributed by atoms with Gasteiger partial charge in [0, 0.05) is 32.2 Å². The van der Waals surface area contributed by atoms with E-state index in [1.807, 2.05) is 0 Å². The minimum atomic E-state index is -0.0512. The predicted molar refractivity (Wildman–Crippen MR) is 84.7 cm³/mol. The molecule has 3 fully saturated rings. The van der Waals surface area contributed by atoms with Crippen molar-refractivity contribution in [3.63, 3.8) is 0 Å². The van der Waals surface area contributed by atoms with Gasteiger partial charge in [-0.15, -0.1) is 0 Å². The molecule has 3 rings (SSSR count). The lowest BCUT2D eigenvalue weighted by molar-refractivity contribution is -0.195. The van der Waals surface area contributed by atoms with Gasteiger partial charge >= 0.3 is 0 Å². The Kier molecular flexibility index (Phi) is 4.60. The van der Waals surface area contributed by atoms with Crippen LogP contribution >= 0.6 is 0 Å². The first-order valence-electron chi connectivity index (χ1n) is 8.69. The Labute approximate surface area is 129 Å². The van der Waals surface area contributed by atoms with E-state index < -0.39 is 0 Å². The lowest BCUT2D eigenvalue weighted by atomic mass is 9.94. The van der Waals surface area contributed by atoms with E-state index in [1.54, 1.807) is 0 Å². The molecule has 0 amide bonds. The molecule has 0 saturated carbocycles. The van der Waals surface area contributed by atoms with Gasteiger partial charge in [-0.3, -0.25) is 4.90 Å². The number of piperidine rings is 1. The minimum Gasteiger partial charge on any atom is -0.378 e. The molecule has 0 radical (unpaired) electrons. The van der Waals surface area contributed by atoms with E-state index in [0.717, 1.165) is 38.8 Å². The molecular weight excluding hydrogens is 264 g/mol. The van der Waals surface area contributed by atoms with Crippen LogP contribution in [0.2, 0.25) is 0 Å². The van der Waals surface area contributed by atoms with Crippen LogP contribution in [0, 0.1) is 0 Å². The van der Waals surface area contributed by atoms with Gasteiger partial charge in [0.25, 0.3) is 0 Å². The molecule has 2 unspecified atom stereocenters. The molecule has 0 N–H and O–H groups in total. The third-order valence-corrected chi connectivity index (χ3v) is 5.38. The summed E-state index contributed by atoms with van der Waals surface area (Å²) in [5.74, 6) is 0. The maximum atomic E-state index is 6.39. The molecule has 4 nitrogen and oxygen atoms in total. The van der Waals surface area contributed by atoms with Crippen molar-refractivity contribution >= 4 is 0 Å². The van der Waals surface area contributed by atoms with E-state index in [-0.39, 0.29) is 11.2 Å². The van der Waals surface area contributed by atoms with Crippen molar-refractivity contribution in [2.45, 2.75) is 63.2 Å². The van der Waals surface area contributed by atoms with Crippen LogP contribution in [0.25, 0.3) is 0 Å². The summed E-state index contributed by atoms with van der Waals surface area (Å²) in [5.41, 5.74) is -0.0926. The highest BCUT2D eigenvalue weighted by molar-refractivity contribution is 4.97. The van der Waals surface area contributed by atoms with Crippen LogP contribution in [0.4, 0.5) is 0 Å². The summed E-state index contributed by atoms with van der Waals surface area (Å²) in [5, 5.41) is 0. The van der Waals surface area contributed by atoms with Crippen LogP contribution in [0.15, 0.2) is 0 Å². The quantitative estimate of drug-likeness (QED) is 0.796. The molecule has 3 aliphatic heterocycles. The number of rotatable bonds is 3. The van der Waals surface area contributed by atoms with Crippen LogP contribution in [0.3, 0.4) is 0 Å². The lowest BCUT2D eigenvalue weighted by Gasteiger charge is -2.48. The highest BCUT2D eigenvalue weighted by Gasteiger charge is 2.46. The van der Waals surface area contributed by atoms with Gasteiger partial charge in [-0.2, -0.15) is 0 Å². The van der Waals surface area contributed by atoms with Crippen molar-refractivity contribution in [3.05, 3.63) is 0 Å². The number of likely N-dealkylation sites (tertiary alicyclic amines) is 1. The van der Waals surface area contributed by atoms with Gasteiger partial charge in [-0.1, -0.05) is 6.42 Å². The van der Waals surface area contributed by atoms with E-state index in [9.17, 15) is 0 Å². The largest absolute Gasteiger partial charge is 0.378 e. The molecule has 3 heterocycles.